The van der Waals surface area contributed by atoms with Gasteiger partial charge >= 0.3 is 127 Å². The van der Waals surface area contributed by atoms with Crippen LogP contribution in [-0.2, 0) is 102 Å². The van der Waals surface area contributed by atoms with Crippen LogP contribution in [0.5, 0.6) is 0 Å². The first kappa shape index (κ1) is 127. The molecule has 19 rings (SSSR count). The first-order chi connectivity index (χ1) is 65.5. The molecule has 0 saturated heterocycles. The summed E-state index contributed by atoms with van der Waals surface area (Å²) in [5.41, 5.74) is 26.8. The van der Waals surface area contributed by atoms with E-state index in [-0.39, 0.29) is 146 Å². The first-order valence-electron chi connectivity index (χ1n) is 46.1. The molecule has 2 aliphatic heterocycles. The normalized spacial score (nSPS) is 11.2. The largest absolute Gasteiger partial charge is 2.00 e. The number of ketones is 3. The predicted molar refractivity (Wildman–Crippen MR) is 601 cm³/mol. The van der Waals surface area contributed by atoms with Gasteiger partial charge in [-0.25, -0.2) is 0 Å². The van der Waals surface area contributed by atoms with Crippen molar-refractivity contribution in [2.75, 3.05) is 9.80 Å². The van der Waals surface area contributed by atoms with Gasteiger partial charge < -0.3 is 45.1 Å². The molecule has 12 aromatic carbocycles. The van der Waals surface area contributed by atoms with Gasteiger partial charge in [0.05, 0.1) is 36.6 Å². The molecular formula is C125H139GeIr3N8O6PtSi-3. The van der Waals surface area contributed by atoms with Gasteiger partial charge in [0, 0.05) is 126 Å². The van der Waals surface area contributed by atoms with Crippen LogP contribution in [0.2, 0.25) is 36.9 Å². The Morgan fingerprint density at radius 1 is 0.469 bits per heavy atom. The molecule has 0 atom stereocenters. The second-order valence-electron chi connectivity index (χ2n) is 36.5. The van der Waals surface area contributed by atoms with E-state index in [9.17, 15) is 14.4 Å². The van der Waals surface area contributed by atoms with E-state index >= 15 is 0 Å². The third-order valence-electron chi connectivity index (χ3n) is 22.2. The van der Waals surface area contributed by atoms with Gasteiger partial charge in [-0.1, -0.05) is 222 Å². The van der Waals surface area contributed by atoms with Gasteiger partial charge in [-0.05, 0) is 159 Å². The minimum atomic E-state index is -1.70. The number of benzene rings is 12. The fourth-order valence-electron chi connectivity index (χ4n) is 15.9. The summed E-state index contributed by atoms with van der Waals surface area (Å²) in [6.07, 6.45) is 13.5. The van der Waals surface area contributed by atoms with Crippen molar-refractivity contribution >= 4 is 114 Å². The molecule has 0 bridgehead atoms. The maximum atomic E-state index is 10.0. The molecule has 7 heterocycles. The van der Waals surface area contributed by atoms with Gasteiger partial charge in [-0.15, -0.1) is 149 Å². The van der Waals surface area contributed by atoms with Gasteiger partial charge in [-0.3, -0.25) is 19.4 Å². The van der Waals surface area contributed by atoms with E-state index in [0.29, 0.717) is 11.8 Å². The van der Waals surface area contributed by atoms with Crippen molar-refractivity contribution in [2.45, 2.75) is 182 Å². The standard InChI is InChI=1S/C23H26N.C20H20NSi.C19H14N2.C17H11N2.C15H18GeN.C12H10N.3C5H8O2.4CH4.3Ir.Pt/c1-14(2)18-12-21(15(3)4)20-7-8-24-23(22(20)13-18)19-10-16(5)9-17(6)11-19;1-22(2,3)20-14-19(17-12-8-5-9-13-17)21-15-18(20)16-10-6-4-7-11-16;1-3-9-16(10-4-1)20-15-21(17-11-5-2-6-12-17)19-14-8-7-13-18(19)20;1-11-10-18-16-14-8-4-2-6-12(14)13-7-3-5-9-15(13)17(16)19-11;1-16(2,3)13-8-9-15-14-7-5-4-6-12(14)10-17(15)11-13;1-10-6-5-9-13-12(10)11-7-3-2-4-8-11;3*1-4(6)3-5(2)7;;;;;;;;/h7-10,12-15H,1-6H3;4-12,14-15H,1-3H3;1-11,13-15H;2-7,9-10H,1H3;4-9,11H,10H2,1-3H3;2-7,9H,1H3;3*3,6H,1-2H3;4*1H4;;;;/q2*-1;-2;-1;+1;-1;;;;;;;;;;;+2. The third-order valence-corrected chi connectivity index (χ3v) is 28.5. The molecule has 3 radical (unpaired) electrons. The third kappa shape index (κ3) is 36.3. The number of aryl methyl sites for hydroxylation is 4. The van der Waals surface area contributed by atoms with Gasteiger partial charge in [0.15, 0.2) is 17.3 Å². The summed E-state index contributed by atoms with van der Waals surface area (Å²) < 4.78 is 4.00. The Kier molecular flexibility index (Phi) is 53.3. The van der Waals surface area contributed by atoms with Crippen LogP contribution in [0.3, 0.4) is 0 Å². The topological polar surface area (TPSA) is 187 Å². The quantitative estimate of drug-likeness (QED) is 0.0247. The Morgan fingerprint density at radius 2 is 1.01 bits per heavy atom. The number of nitrogens with zero attached hydrogens (tertiary/aromatic N) is 8. The van der Waals surface area contributed by atoms with Gasteiger partial charge in [0.1, 0.15) is 0 Å². The number of pyridine rings is 4. The summed E-state index contributed by atoms with van der Waals surface area (Å²) in [7, 11) is -1.48. The summed E-state index contributed by atoms with van der Waals surface area (Å²) in [5, 5.41) is 33.7. The monoisotopic (exact) mass is 2720 g/mol. The number of hydrogen-bond acceptors (Lipinski definition) is 13. The van der Waals surface area contributed by atoms with Crippen LogP contribution in [0.1, 0.15) is 150 Å². The molecule has 17 aromatic rings. The molecule has 5 aromatic heterocycles. The number of rotatable bonds is 13. The Balaban J connectivity index is 0.000000427. The number of carbonyl (C=O) groups excluding carboxylic acids is 3. The number of aliphatic hydroxyl groups is 3. The number of para-hydroxylation sites is 4. The van der Waals surface area contributed by atoms with Crippen molar-refractivity contribution in [1.29, 1.82) is 0 Å². The zero-order chi connectivity index (χ0) is 98.6. The molecule has 145 heavy (non-hydrogen) atoms. The zero-order valence-corrected chi connectivity index (χ0v) is 96.2. The molecule has 0 unspecified atom stereocenters. The van der Waals surface area contributed by atoms with E-state index in [2.05, 4.69) is 352 Å². The predicted octanol–water partition coefficient (Wildman–Crippen LogP) is 31.3. The Labute approximate surface area is 922 Å². The van der Waals surface area contributed by atoms with Crippen molar-refractivity contribution < 1.29 is 116 Å². The minimum Gasteiger partial charge on any atom is -0.493 e. The molecule has 0 amide bonds. The number of aromatic nitrogens is 6. The molecule has 20 heteroatoms. The van der Waals surface area contributed by atoms with Crippen LogP contribution in [-0.4, -0.2) is 78.9 Å². The summed E-state index contributed by atoms with van der Waals surface area (Å²) in [4.78, 5) is 57.4. The van der Waals surface area contributed by atoms with Crippen molar-refractivity contribution in [3.63, 3.8) is 0 Å². The average Bonchev–Trinajstić information content (AvgIpc) is 1.47. The second-order valence-corrected chi connectivity index (χ2v) is 52.2. The number of fused-ring (bicyclic) bond motifs is 11. The number of hydrogen-bond donors (Lipinski definition) is 3. The van der Waals surface area contributed by atoms with Crippen LogP contribution in [0, 0.1) is 64.7 Å². The first-order valence-corrected chi connectivity index (χ1v) is 57.0. The number of carbonyl (C=O) groups is 3. The summed E-state index contributed by atoms with van der Waals surface area (Å²) in [6.45, 7) is 36.2. The minimum absolute atomic E-state index is 0. The molecule has 0 fully saturated rings. The molecular weight excluding hydrogens is 2580 g/mol. The van der Waals surface area contributed by atoms with E-state index in [1.54, 1.807) is 4.40 Å². The van der Waals surface area contributed by atoms with Crippen LogP contribution in [0.15, 0.2) is 352 Å². The maximum absolute atomic E-state index is 10.0. The SMILES string of the molecule is C.C.C.C.CC(=O)C=C(C)O.CC(=O)C=C(C)O.CC(=O)C=C(C)O.C[Si](C)(C)c1cc(-c2[c-]cccc2)ncc1-c1ccccc1.Cc1[c-]c(-c2nccc3c(C(C)C)cc(C(C)C)cc23)cc(C)c1.Cc1cccnc1-c1[c-]cccc1.Cc1cnc2c3[c-]cccc3c3ccccc3c2n1.[CH3][Ge]([CH3])([CH3])[c]1ccc2[n+](c1)Cc1ccccc1-2.[Ir].[Ir].[Ir].[Pt+2].[c-]1ccccc1N1[CH-]N(c2ccccc2)c2ccccc21. The summed E-state index contributed by atoms with van der Waals surface area (Å²) in [6, 6.07) is 115. The number of anilines is 4. The Morgan fingerprint density at radius 3 is 1.55 bits per heavy atom. The zero-order valence-electron chi connectivity index (χ0n) is 83.7. The smallest absolute Gasteiger partial charge is 0.493 e. The molecule has 763 valence electrons. The van der Waals surface area contributed by atoms with Gasteiger partial charge in [-0.2, -0.15) is 30.3 Å². The van der Waals surface area contributed by atoms with Crippen LogP contribution in [0.25, 0.3) is 99.5 Å². The van der Waals surface area contributed by atoms with Gasteiger partial charge in [0.25, 0.3) is 0 Å². The molecule has 3 N–H and O–H groups in total. The van der Waals surface area contributed by atoms with Crippen LogP contribution < -0.4 is 23.9 Å². The van der Waals surface area contributed by atoms with E-state index in [1.165, 1.54) is 148 Å². The summed E-state index contributed by atoms with van der Waals surface area (Å²) in [5.74, 6) is 8.15. The Bertz CT molecular complexity index is 6930. The second kappa shape index (κ2) is 60.8. The van der Waals surface area contributed by atoms with Crippen molar-refractivity contribution in [1.82, 2.24) is 24.9 Å². The molecule has 0 aliphatic carbocycles. The average molecular weight is 2720 g/mol. The molecule has 2 aliphatic rings. The van der Waals surface area contributed by atoms with Crippen molar-refractivity contribution in [2.24, 2.45) is 0 Å². The van der Waals surface area contributed by atoms with Crippen molar-refractivity contribution in [3.8, 4) is 56.2 Å². The Hall–Kier alpha value is -12.0. The van der Waals surface area contributed by atoms with Gasteiger partial charge in [0.2, 0.25) is 0 Å². The van der Waals surface area contributed by atoms with E-state index in [4.69, 9.17) is 25.3 Å². The fraction of sp³-hybridized carbons (Fsp3) is 0.216. The number of allylic oxidation sites excluding steroid dienone is 6. The van der Waals surface area contributed by atoms with E-state index < -0.39 is 21.3 Å². The van der Waals surface area contributed by atoms with Crippen LogP contribution in [0.4, 0.5) is 22.7 Å². The molecule has 0 saturated carbocycles. The fourth-order valence-corrected chi connectivity index (χ4v) is 19.9. The van der Waals surface area contributed by atoms with Crippen LogP contribution >= 0.6 is 0 Å². The molecule has 14 nitrogen and oxygen atoms in total. The van der Waals surface area contributed by atoms with E-state index in [1.807, 2.05) is 123 Å². The molecule has 0 spiro atoms. The maximum Gasteiger partial charge on any atom is 2.00 e. The summed E-state index contributed by atoms with van der Waals surface area (Å²) >= 11 is -1.70. The van der Waals surface area contributed by atoms with E-state index in [0.717, 1.165) is 84.8 Å². The van der Waals surface area contributed by atoms with Crippen molar-refractivity contribution in [3.05, 3.63) is 428 Å². The number of aliphatic hydroxyl groups excluding tert-OH is 3.